The summed E-state index contributed by atoms with van der Waals surface area (Å²) in [6.07, 6.45) is 2.91. The molecule has 0 radical (unpaired) electrons. The minimum atomic E-state index is -0.318. The fourth-order valence-corrected chi connectivity index (χ4v) is 4.86. The highest BCUT2D eigenvalue weighted by molar-refractivity contribution is 9.10. The molecule has 0 N–H and O–H groups in total. The topological polar surface area (TPSA) is 28.1 Å². The van der Waals surface area contributed by atoms with Crippen LogP contribution in [0, 0.1) is 0 Å². The molecule has 3 aliphatic heterocycles. The fourth-order valence-electron chi connectivity index (χ4n) is 4.59. The summed E-state index contributed by atoms with van der Waals surface area (Å²) >= 11 is 3.53. The molecule has 140 valence electrons. The van der Waals surface area contributed by atoms with E-state index in [1.807, 2.05) is 0 Å². The fraction of sp³-hybridized carbons (Fsp3) is 0.409. The van der Waals surface area contributed by atoms with Gasteiger partial charge in [0, 0.05) is 42.4 Å². The maximum atomic E-state index is 6.66. The van der Waals surface area contributed by atoms with Crippen LogP contribution in [0.4, 0.5) is 0 Å². The number of para-hydroxylation sites is 1. The maximum Gasteiger partial charge on any atom is 0.200 e. The largest absolute Gasteiger partial charge is 0.466 e. The Morgan fingerprint density at radius 3 is 2.59 bits per heavy atom. The van der Waals surface area contributed by atoms with Gasteiger partial charge in [0.25, 0.3) is 0 Å². The molecule has 1 fully saturated rings. The van der Waals surface area contributed by atoms with Crippen LogP contribution < -0.4 is 4.74 Å². The molecule has 1 spiro atoms. The van der Waals surface area contributed by atoms with E-state index in [4.69, 9.17) is 9.84 Å². The second kappa shape index (κ2) is 6.64. The van der Waals surface area contributed by atoms with Crippen LogP contribution in [0.2, 0.25) is 0 Å². The Hall–Kier alpha value is -1.85. The molecule has 2 aromatic carbocycles. The quantitative estimate of drug-likeness (QED) is 0.691. The Kier molecular flexibility index (Phi) is 4.25. The lowest BCUT2D eigenvalue weighted by Crippen LogP contribution is -2.59. The lowest BCUT2D eigenvalue weighted by Gasteiger charge is -2.51. The average molecular weight is 426 g/mol. The third-order valence-electron chi connectivity index (χ3n) is 6.17. The first-order chi connectivity index (χ1) is 13.2. The van der Waals surface area contributed by atoms with E-state index < -0.39 is 0 Å². The van der Waals surface area contributed by atoms with Crippen molar-refractivity contribution < 1.29 is 4.74 Å². The Morgan fingerprint density at radius 1 is 1.11 bits per heavy atom. The highest BCUT2D eigenvalue weighted by Gasteiger charge is 2.51. The van der Waals surface area contributed by atoms with Crippen molar-refractivity contribution in [2.45, 2.75) is 38.0 Å². The highest BCUT2D eigenvalue weighted by Crippen LogP contribution is 2.49. The molecule has 0 bridgehead atoms. The summed E-state index contributed by atoms with van der Waals surface area (Å²) in [6, 6.07) is 17.3. The van der Waals surface area contributed by atoms with Crippen LogP contribution in [0.1, 0.15) is 43.4 Å². The van der Waals surface area contributed by atoms with E-state index >= 15 is 0 Å². The van der Waals surface area contributed by atoms with Crippen LogP contribution in [0.15, 0.2) is 58.1 Å². The molecule has 3 heterocycles. The van der Waals surface area contributed by atoms with E-state index in [9.17, 15) is 0 Å². The molecule has 5 rings (SSSR count). The van der Waals surface area contributed by atoms with Crippen molar-refractivity contribution in [1.29, 1.82) is 0 Å². The Balaban J connectivity index is 1.54. The van der Waals surface area contributed by atoms with Gasteiger partial charge >= 0.3 is 0 Å². The van der Waals surface area contributed by atoms with Crippen molar-refractivity contribution in [2.75, 3.05) is 19.6 Å². The Bertz CT molecular complexity index is 871. The molecule has 5 heteroatoms. The van der Waals surface area contributed by atoms with Crippen molar-refractivity contribution in [1.82, 2.24) is 9.91 Å². The number of hydrogen-bond donors (Lipinski definition) is 0. The van der Waals surface area contributed by atoms with Crippen LogP contribution >= 0.6 is 15.9 Å². The Morgan fingerprint density at radius 2 is 1.85 bits per heavy atom. The second-order valence-corrected chi connectivity index (χ2v) is 8.55. The lowest BCUT2D eigenvalue weighted by molar-refractivity contribution is -0.149. The molecular weight excluding hydrogens is 402 g/mol. The molecule has 3 aliphatic rings. The molecule has 1 unspecified atom stereocenters. The van der Waals surface area contributed by atoms with Gasteiger partial charge in [0.2, 0.25) is 5.72 Å². The van der Waals surface area contributed by atoms with E-state index in [0.29, 0.717) is 0 Å². The van der Waals surface area contributed by atoms with E-state index in [0.717, 1.165) is 54.8 Å². The Labute approximate surface area is 168 Å². The molecule has 0 amide bonds. The summed E-state index contributed by atoms with van der Waals surface area (Å²) < 4.78 is 7.75. The molecule has 1 atom stereocenters. The highest BCUT2D eigenvalue weighted by atomic mass is 79.9. The van der Waals surface area contributed by atoms with Gasteiger partial charge in [0.05, 0.1) is 11.8 Å². The third-order valence-corrected chi connectivity index (χ3v) is 6.70. The van der Waals surface area contributed by atoms with Gasteiger partial charge in [0.1, 0.15) is 5.75 Å². The van der Waals surface area contributed by atoms with E-state index in [2.05, 4.69) is 81.3 Å². The normalized spacial score (nSPS) is 23.6. The van der Waals surface area contributed by atoms with Crippen molar-refractivity contribution >= 4 is 21.6 Å². The van der Waals surface area contributed by atoms with Crippen LogP contribution in [0.25, 0.3) is 0 Å². The monoisotopic (exact) mass is 425 g/mol. The van der Waals surface area contributed by atoms with E-state index in [-0.39, 0.29) is 11.8 Å². The summed E-state index contributed by atoms with van der Waals surface area (Å²) in [5.41, 5.74) is 3.30. The van der Waals surface area contributed by atoms with Gasteiger partial charge < -0.3 is 9.64 Å². The van der Waals surface area contributed by atoms with Crippen molar-refractivity contribution in [3.63, 3.8) is 0 Å². The second-order valence-electron chi connectivity index (χ2n) is 7.64. The minimum Gasteiger partial charge on any atom is -0.466 e. The number of benzene rings is 2. The number of likely N-dealkylation sites (tertiary alicyclic amines) is 1. The number of hydrazone groups is 1. The van der Waals surface area contributed by atoms with E-state index in [1.54, 1.807) is 0 Å². The molecule has 0 aromatic heterocycles. The van der Waals surface area contributed by atoms with Crippen molar-refractivity contribution in [2.24, 2.45) is 5.10 Å². The molecule has 0 saturated carbocycles. The number of fused-ring (bicyclic) bond motifs is 4. The number of halogens is 1. The zero-order chi connectivity index (χ0) is 18.4. The molecule has 4 nitrogen and oxygen atoms in total. The summed E-state index contributed by atoms with van der Waals surface area (Å²) in [5.74, 6) is 1.04. The number of nitrogens with zero attached hydrogens (tertiary/aromatic N) is 3. The van der Waals surface area contributed by atoms with Crippen LogP contribution in [0.5, 0.6) is 5.75 Å². The molecular formula is C22H24BrN3O. The van der Waals surface area contributed by atoms with Crippen molar-refractivity contribution in [3.05, 3.63) is 64.1 Å². The number of piperidine rings is 1. The van der Waals surface area contributed by atoms with Gasteiger partial charge in [-0.1, -0.05) is 53.2 Å². The number of hydrogen-bond acceptors (Lipinski definition) is 4. The van der Waals surface area contributed by atoms with Gasteiger partial charge in [-0.3, -0.25) is 0 Å². The number of rotatable bonds is 2. The first-order valence-corrected chi connectivity index (χ1v) is 10.6. The SMILES string of the molecule is CCN1CCC2(CC1)Oc1ccccc1C1CC(c3ccc(Br)cc3)=NN12. The lowest BCUT2D eigenvalue weighted by atomic mass is 9.91. The van der Waals surface area contributed by atoms with Crippen molar-refractivity contribution in [3.8, 4) is 5.75 Å². The average Bonchev–Trinajstić information content (AvgIpc) is 3.16. The summed E-state index contributed by atoms with van der Waals surface area (Å²) in [6.45, 7) is 5.46. The summed E-state index contributed by atoms with van der Waals surface area (Å²) in [5, 5.41) is 7.42. The van der Waals surface area contributed by atoms with Gasteiger partial charge in [-0.25, -0.2) is 5.01 Å². The molecule has 27 heavy (non-hydrogen) atoms. The smallest absolute Gasteiger partial charge is 0.200 e. The standard InChI is InChI=1S/C22H24BrN3O/c1-2-25-13-11-22(12-14-25)26-20(18-5-3-4-6-21(18)27-22)15-19(24-26)16-7-9-17(23)10-8-16/h3-10,20H,2,11-15H2,1H3. The van der Waals surface area contributed by atoms with Crippen LogP contribution in [-0.4, -0.2) is 41.0 Å². The predicted octanol–water partition coefficient (Wildman–Crippen LogP) is 4.80. The van der Waals surface area contributed by atoms with E-state index in [1.165, 1.54) is 11.1 Å². The summed E-state index contributed by atoms with van der Waals surface area (Å²) in [7, 11) is 0. The molecule has 2 aromatic rings. The maximum absolute atomic E-state index is 6.66. The zero-order valence-electron chi connectivity index (χ0n) is 15.6. The minimum absolute atomic E-state index is 0.266. The third kappa shape index (κ3) is 2.88. The van der Waals surface area contributed by atoms with Gasteiger partial charge in [-0.05, 0) is 30.3 Å². The summed E-state index contributed by atoms with van der Waals surface area (Å²) in [4.78, 5) is 2.50. The van der Waals surface area contributed by atoms with Crippen LogP contribution in [0.3, 0.4) is 0 Å². The van der Waals surface area contributed by atoms with Gasteiger partial charge in [-0.2, -0.15) is 5.10 Å². The first kappa shape index (κ1) is 17.3. The molecule has 0 aliphatic carbocycles. The zero-order valence-corrected chi connectivity index (χ0v) is 17.2. The molecule has 1 saturated heterocycles. The number of ether oxygens (including phenoxy) is 1. The predicted molar refractivity (Wildman–Crippen MR) is 111 cm³/mol. The van der Waals surface area contributed by atoms with Crippen LogP contribution in [-0.2, 0) is 0 Å². The van der Waals surface area contributed by atoms with Gasteiger partial charge in [0.15, 0.2) is 0 Å². The van der Waals surface area contributed by atoms with Gasteiger partial charge in [-0.15, -0.1) is 0 Å². The first-order valence-electron chi connectivity index (χ1n) is 9.81.